The van der Waals surface area contributed by atoms with Crippen molar-refractivity contribution < 1.29 is 4.57 Å². The molecule has 2 unspecified atom stereocenters. The molecule has 0 aliphatic heterocycles. The summed E-state index contributed by atoms with van der Waals surface area (Å²) >= 11 is 2.10. The van der Waals surface area contributed by atoms with Gasteiger partial charge in [0.05, 0.1) is 13.6 Å². The first-order valence-electron chi connectivity index (χ1n) is 11.4. The standard InChI is InChI=1S/C25H43N2S/c1-19(2)21(5)24-17-23(25(28-24)22(6)20(3)4)13-11-9-8-10-12-14-27-16-15-26(7)18-27/h15-22H,8-14H2,1-7H3/q+1. The molecular weight excluding hydrogens is 360 g/mol. The molecule has 2 aromatic heterocycles. The number of rotatable bonds is 12. The maximum atomic E-state index is 2.55. The summed E-state index contributed by atoms with van der Waals surface area (Å²) in [5, 5.41) is 0. The topological polar surface area (TPSA) is 8.81 Å². The van der Waals surface area contributed by atoms with Gasteiger partial charge in [0.25, 0.3) is 0 Å². The molecule has 0 aromatic carbocycles. The van der Waals surface area contributed by atoms with Crippen LogP contribution >= 0.6 is 11.3 Å². The fraction of sp³-hybridized carbons (Fsp3) is 0.720. The van der Waals surface area contributed by atoms with E-state index in [1.54, 1.807) is 15.3 Å². The molecule has 0 saturated carbocycles. The first kappa shape index (κ1) is 23.2. The second kappa shape index (κ2) is 11.2. The number of nitrogens with zero attached hydrogens (tertiary/aromatic N) is 2. The molecule has 2 heterocycles. The van der Waals surface area contributed by atoms with E-state index in [2.05, 4.69) is 93.8 Å². The average Bonchev–Trinajstić information content (AvgIpc) is 3.25. The van der Waals surface area contributed by atoms with Crippen LogP contribution in [0.5, 0.6) is 0 Å². The van der Waals surface area contributed by atoms with E-state index in [0.717, 1.165) is 18.4 Å². The quantitative estimate of drug-likeness (QED) is 0.264. The van der Waals surface area contributed by atoms with Gasteiger partial charge in [0.15, 0.2) is 0 Å². The van der Waals surface area contributed by atoms with Gasteiger partial charge in [0, 0.05) is 9.75 Å². The van der Waals surface area contributed by atoms with Gasteiger partial charge in [-0.25, -0.2) is 9.13 Å². The normalized spacial score (nSPS) is 14.2. The van der Waals surface area contributed by atoms with Crippen LogP contribution in [0.1, 0.15) is 101 Å². The highest BCUT2D eigenvalue weighted by Crippen LogP contribution is 2.39. The van der Waals surface area contributed by atoms with Crippen molar-refractivity contribution in [1.29, 1.82) is 0 Å². The van der Waals surface area contributed by atoms with Crippen molar-refractivity contribution in [3.8, 4) is 0 Å². The fourth-order valence-corrected chi connectivity index (χ4v) is 5.34. The second-order valence-electron chi connectivity index (χ2n) is 9.44. The number of aryl methyl sites for hydroxylation is 3. The summed E-state index contributed by atoms with van der Waals surface area (Å²) in [5.74, 6) is 2.79. The third kappa shape index (κ3) is 6.76. The Bertz CT molecular complexity index is 695. The van der Waals surface area contributed by atoms with E-state index in [9.17, 15) is 0 Å². The molecular formula is C25H43N2S+. The van der Waals surface area contributed by atoms with Crippen LogP contribution in [0.2, 0.25) is 0 Å². The number of hydrogen-bond donors (Lipinski definition) is 0. The first-order chi connectivity index (χ1) is 13.3. The number of hydrogen-bond acceptors (Lipinski definition) is 1. The molecule has 0 fully saturated rings. The van der Waals surface area contributed by atoms with Crippen LogP contribution in [0.15, 0.2) is 24.8 Å². The molecule has 0 spiro atoms. The fourth-order valence-electron chi connectivity index (χ4n) is 3.68. The lowest BCUT2D eigenvalue weighted by Gasteiger charge is -2.16. The van der Waals surface area contributed by atoms with E-state index >= 15 is 0 Å². The van der Waals surface area contributed by atoms with Gasteiger partial charge in [-0.2, -0.15) is 0 Å². The summed E-state index contributed by atoms with van der Waals surface area (Å²) in [4.78, 5) is 3.27. The van der Waals surface area contributed by atoms with Crippen LogP contribution in [0.4, 0.5) is 0 Å². The van der Waals surface area contributed by atoms with Gasteiger partial charge in [0.1, 0.15) is 12.4 Å². The highest BCUT2D eigenvalue weighted by molar-refractivity contribution is 7.12. The number of unbranched alkanes of at least 4 members (excludes halogenated alkanes) is 4. The summed E-state index contributed by atoms with van der Waals surface area (Å²) in [6, 6.07) is 2.55. The largest absolute Gasteiger partial charge is 0.243 e. The van der Waals surface area contributed by atoms with Crippen LogP contribution in [-0.2, 0) is 20.0 Å². The first-order valence-corrected chi connectivity index (χ1v) is 12.2. The van der Waals surface area contributed by atoms with E-state index < -0.39 is 0 Å². The molecule has 2 rings (SSSR count). The number of imidazole rings is 1. The van der Waals surface area contributed by atoms with Gasteiger partial charge in [-0.15, -0.1) is 11.3 Å². The summed E-state index contributed by atoms with van der Waals surface area (Å²) < 4.78 is 4.41. The molecule has 2 atom stereocenters. The second-order valence-corrected chi connectivity index (χ2v) is 10.6. The van der Waals surface area contributed by atoms with Gasteiger partial charge in [-0.1, -0.05) is 54.4 Å². The van der Waals surface area contributed by atoms with Crippen LogP contribution in [0.3, 0.4) is 0 Å². The van der Waals surface area contributed by atoms with Crippen molar-refractivity contribution in [3.05, 3.63) is 40.1 Å². The predicted molar refractivity (Wildman–Crippen MR) is 123 cm³/mol. The van der Waals surface area contributed by atoms with Crippen LogP contribution in [0.25, 0.3) is 0 Å². The van der Waals surface area contributed by atoms with Gasteiger partial charge in [-0.05, 0) is 61.0 Å². The van der Waals surface area contributed by atoms with Gasteiger partial charge < -0.3 is 0 Å². The van der Waals surface area contributed by atoms with Crippen molar-refractivity contribution in [3.63, 3.8) is 0 Å². The van der Waals surface area contributed by atoms with Crippen LogP contribution in [-0.4, -0.2) is 4.57 Å². The molecule has 0 aliphatic rings. The Morgan fingerprint density at radius 1 is 0.893 bits per heavy atom. The van der Waals surface area contributed by atoms with Gasteiger partial charge in [0.2, 0.25) is 6.33 Å². The highest BCUT2D eigenvalue weighted by Gasteiger charge is 2.21. The molecule has 158 valence electrons. The van der Waals surface area contributed by atoms with Crippen molar-refractivity contribution in [2.24, 2.45) is 18.9 Å². The van der Waals surface area contributed by atoms with Gasteiger partial charge >= 0.3 is 0 Å². The average molecular weight is 404 g/mol. The van der Waals surface area contributed by atoms with E-state index in [-0.39, 0.29) is 0 Å². The van der Waals surface area contributed by atoms with E-state index in [0.29, 0.717) is 11.8 Å². The Hall–Kier alpha value is -1.09. The van der Waals surface area contributed by atoms with E-state index in [1.165, 1.54) is 38.5 Å². The molecule has 2 aromatic rings. The summed E-state index contributed by atoms with van der Waals surface area (Å²) in [5.41, 5.74) is 1.65. The Balaban J connectivity index is 1.81. The molecule has 28 heavy (non-hydrogen) atoms. The van der Waals surface area contributed by atoms with Crippen LogP contribution in [0, 0.1) is 11.8 Å². The zero-order chi connectivity index (χ0) is 20.7. The Morgan fingerprint density at radius 2 is 1.54 bits per heavy atom. The van der Waals surface area contributed by atoms with E-state index in [1.807, 2.05) is 0 Å². The molecule has 2 nitrogen and oxygen atoms in total. The summed E-state index contributed by atoms with van der Waals surface area (Å²) in [6.07, 6.45) is 14.4. The third-order valence-electron chi connectivity index (χ3n) is 6.41. The predicted octanol–water partition coefficient (Wildman–Crippen LogP) is 7.09. The van der Waals surface area contributed by atoms with Crippen molar-refractivity contribution >= 4 is 11.3 Å². The minimum Gasteiger partial charge on any atom is -0.240 e. The number of aromatic nitrogens is 2. The highest BCUT2D eigenvalue weighted by atomic mass is 32.1. The number of thiophene rings is 1. The Labute approximate surface area is 178 Å². The lowest BCUT2D eigenvalue weighted by atomic mass is 9.91. The molecule has 0 aliphatic carbocycles. The molecule has 0 N–H and O–H groups in total. The van der Waals surface area contributed by atoms with Crippen molar-refractivity contribution in [2.75, 3.05) is 0 Å². The maximum Gasteiger partial charge on any atom is 0.243 e. The van der Waals surface area contributed by atoms with Crippen molar-refractivity contribution in [2.45, 2.75) is 98.4 Å². The molecule has 0 radical (unpaired) electrons. The Kier molecular flexibility index (Phi) is 9.27. The van der Waals surface area contributed by atoms with E-state index in [4.69, 9.17) is 0 Å². The minimum atomic E-state index is 0.673. The third-order valence-corrected chi connectivity index (χ3v) is 7.99. The SMILES string of the molecule is CC(C)C(C)c1cc(CCCCCCC[n+]2ccn(C)c2)c(C(C)C(C)C)s1. The zero-order valence-electron chi connectivity index (χ0n) is 19.4. The molecule has 3 heteroatoms. The lowest BCUT2D eigenvalue weighted by Crippen LogP contribution is -2.30. The Morgan fingerprint density at radius 3 is 2.14 bits per heavy atom. The maximum absolute atomic E-state index is 2.55. The lowest BCUT2D eigenvalue weighted by molar-refractivity contribution is -0.696. The molecule has 0 amide bonds. The smallest absolute Gasteiger partial charge is 0.240 e. The summed E-state index contributed by atoms with van der Waals surface area (Å²) in [7, 11) is 2.09. The molecule has 0 saturated heterocycles. The van der Waals surface area contributed by atoms with Crippen LogP contribution < -0.4 is 4.57 Å². The van der Waals surface area contributed by atoms with Gasteiger partial charge in [-0.3, -0.25) is 0 Å². The zero-order valence-corrected chi connectivity index (χ0v) is 20.2. The molecule has 0 bridgehead atoms. The minimum absolute atomic E-state index is 0.673. The van der Waals surface area contributed by atoms with Crippen molar-refractivity contribution in [1.82, 2.24) is 4.57 Å². The summed E-state index contributed by atoms with van der Waals surface area (Å²) in [6.45, 7) is 15.4. The monoisotopic (exact) mass is 403 g/mol.